The fraction of sp³-hybridized carbons (Fsp3) is 0.100. The molecule has 2 aromatic rings. The van der Waals surface area contributed by atoms with E-state index in [0.717, 1.165) is 11.4 Å². The summed E-state index contributed by atoms with van der Waals surface area (Å²) in [7, 11) is 0. The molecule has 0 atom stereocenters. The van der Waals surface area contributed by atoms with Gasteiger partial charge in [-0.05, 0) is 19.1 Å². The molecule has 2 aromatic heterocycles. The summed E-state index contributed by atoms with van der Waals surface area (Å²) in [5, 5.41) is 12.7. The molecule has 0 bridgehead atoms. The van der Waals surface area contributed by atoms with Gasteiger partial charge >= 0.3 is 0 Å². The molecule has 0 saturated heterocycles. The van der Waals surface area contributed by atoms with Gasteiger partial charge in [0.25, 0.3) is 0 Å². The van der Waals surface area contributed by atoms with Crippen molar-refractivity contribution in [3.05, 3.63) is 35.0 Å². The van der Waals surface area contributed by atoms with E-state index in [2.05, 4.69) is 20.3 Å². The van der Waals surface area contributed by atoms with E-state index < -0.39 is 0 Å². The smallest absolute Gasteiger partial charge is 0.194 e. The van der Waals surface area contributed by atoms with Gasteiger partial charge in [0.2, 0.25) is 0 Å². The summed E-state index contributed by atoms with van der Waals surface area (Å²) in [6.07, 6.45) is 3.13. The van der Waals surface area contributed by atoms with Crippen molar-refractivity contribution in [2.24, 2.45) is 0 Å². The van der Waals surface area contributed by atoms with Crippen LogP contribution in [0.15, 0.2) is 24.7 Å². The third kappa shape index (κ3) is 2.01. The molecule has 3 N–H and O–H groups in total. The van der Waals surface area contributed by atoms with Crippen LogP contribution in [0, 0.1) is 11.6 Å². The Morgan fingerprint density at radius 3 is 3.00 bits per heavy atom. The van der Waals surface area contributed by atoms with Gasteiger partial charge in [-0.15, -0.1) is 0 Å². The number of aromatic amines is 1. The van der Waals surface area contributed by atoms with Crippen LogP contribution in [-0.2, 0) is 0 Å². The third-order valence-electron chi connectivity index (χ3n) is 2.10. The summed E-state index contributed by atoms with van der Waals surface area (Å²) in [5.74, 6) is 0.344. The number of nitrogens with zero attached hydrogens (tertiary/aromatic N) is 2. The first-order valence-electron chi connectivity index (χ1n) is 4.64. The molecule has 0 aliphatic carbocycles. The third-order valence-corrected chi connectivity index (χ3v) is 2.40. The monoisotopic (exact) mass is 234 g/mol. The van der Waals surface area contributed by atoms with Crippen molar-refractivity contribution in [1.82, 2.24) is 15.0 Å². The summed E-state index contributed by atoms with van der Waals surface area (Å²) in [5.41, 5.74) is 1.63. The predicted octanol–water partition coefficient (Wildman–Crippen LogP) is 2.29. The normalized spacial score (nSPS) is 10.1. The highest BCUT2D eigenvalue weighted by Gasteiger charge is 2.05. The van der Waals surface area contributed by atoms with Gasteiger partial charge in [0.05, 0.1) is 17.7 Å². The molecule has 5 nitrogen and oxygen atoms in total. The maximum absolute atomic E-state index is 9.67. The van der Waals surface area contributed by atoms with Crippen molar-refractivity contribution in [1.29, 1.82) is 0 Å². The van der Waals surface area contributed by atoms with Gasteiger partial charge in [-0.25, -0.2) is 4.98 Å². The van der Waals surface area contributed by atoms with Gasteiger partial charge in [-0.1, -0.05) is 12.2 Å². The fourth-order valence-electron chi connectivity index (χ4n) is 1.24. The second-order valence-electron chi connectivity index (χ2n) is 3.19. The summed E-state index contributed by atoms with van der Waals surface area (Å²) in [4.78, 5) is 10.7. The number of hydrogen-bond acceptors (Lipinski definition) is 5. The number of nitrogens with one attached hydrogen (secondary N) is 2. The Morgan fingerprint density at radius 1 is 1.44 bits per heavy atom. The molecule has 2 heterocycles. The molecular weight excluding hydrogens is 224 g/mol. The summed E-state index contributed by atoms with van der Waals surface area (Å²) in [6.45, 7) is 1.87. The first-order chi connectivity index (χ1) is 7.68. The average Bonchev–Trinajstić information content (AvgIpc) is 2.28. The van der Waals surface area contributed by atoms with Gasteiger partial charge in [0.15, 0.2) is 16.2 Å². The van der Waals surface area contributed by atoms with Gasteiger partial charge in [0.1, 0.15) is 0 Å². The van der Waals surface area contributed by atoms with Gasteiger partial charge in [-0.3, -0.25) is 4.98 Å². The standard InChI is InChI=1S/C10H10N4OS/c1-6-7(3-2-4-11-6)14-9-8(15)10(16)13-5-12-9/h2-5,15H,1H3,(H2,12,13,14,16). The molecule has 0 unspecified atom stereocenters. The van der Waals surface area contributed by atoms with E-state index in [1.54, 1.807) is 6.20 Å². The molecule has 0 saturated carbocycles. The van der Waals surface area contributed by atoms with Crippen molar-refractivity contribution in [2.75, 3.05) is 5.32 Å². The highest BCUT2D eigenvalue weighted by atomic mass is 32.1. The first-order valence-corrected chi connectivity index (χ1v) is 5.04. The fourth-order valence-corrected chi connectivity index (χ4v) is 1.39. The summed E-state index contributed by atoms with van der Waals surface area (Å²) in [6, 6.07) is 3.67. The molecular formula is C10H10N4OS. The Labute approximate surface area is 97.2 Å². The molecule has 0 fully saturated rings. The van der Waals surface area contributed by atoms with Crippen molar-refractivity contribution >= 4 is 23.7 Å². The molecule has 0 amide bonds. The molecule has 0 radical (unpaired) electrons. The van der Waals surface area contributed by atoms with Crippen LogP contribution in [0.3, 0.4) is 0 Å². The number of aromatic nitrogens is 3. The second kappa shape index (κ2) is 4.28. The van der Waals surface area contributed by atoms with Gasteiger partial charge in [-0.2, -0.15) is 0 Å². The molecule has 82 valence electrons. The molecule has 0 aliphatic rings. The van der Waals surface area contributed by atoms with Crippen LogP contribution in [0.25, 0.3) is 0 Å². The van der Waals surface area contributed by atoms with Crippen LogP contribution in [0.5, 0.6) is 5.75 Å². The maximum Gasteiger partial charge on any atom is 0.194 e. The molecule has 6 heteroatoms. The van der Waals surface area contributed by atoms with Gasteiger partial charge in [0, 0.05) is 6.20 Å². The van der Waals surface area contributed by atoms with E-state index in [1.807, 2.05) is 19.1 Å². The highest BCUT2D eigenvalue weighted by Crippen LogP contribution is 2.24. The SMILES string of the molecule is Cc1ncccc1Nc1[nH]cnc(=S)c1O. The van der Waals surface area contributed by atoms with Crippen LogP contribution in [0.2, 0.25) is 0 Å². The van der Waals surface area contributed by atoms with E-state index in [9.17, 15) is 5.11 Å². The van der Waals surface area contributed by atoms with Gasteiger partial charge < -0.3 is 15.4 Å². The van der Waals surface area contributed by atoms with Crippen LogP contribution >= 0.6 is 12.2 Å². The number of anilines is 2. The lowest BCUT2D eigenvalue weighted by atomic mass is 10.3. The van der Waals surface area contributed by atoms with Crippen molar-refractivity contribution in [2.45, 2.75) is 6.92 Å². The lowest BCUT2D eigenvalue weighted by Gasteiger charge is -2.09. The first kappa shape index (κ1) is 10.6. The van der Waals surface area contributed by atoms with E-state index in [-0.39, 0.29) is 10.4 Å². The topological polar surface area (TPSA) is 73.8 Å². The predicted molar refractivity (Wildman–Crippen MR) is 63.3 cm³/mol. The van der Waals surface area contributed by atoms with Crippen molar-refractivity contribution in [3.63, 3.8) is 0 Å². The summed E-state index contributed by atoms with van der Waals surface area (Å²) >= 11 is 4.85. The van der Waals surface area contributed by atoms with Crippen LogP contribution in [0.1, 0.15) is 5.69 Å². The number of aryl methyl sites for hydroxylation is 1. The minimum Gasteiger partial charge on any atom is -0.502 e. The lowest BCUT2D eigenvalue weighted by Crippen LogP contribution is -1.98. The van der Waals surface area contributed by atoms with E-state index in [1.165, 1.54) is 6.33 Å². The number of H-pyrrole nitrogens is 1. The number of hydrogen-bond donors (Lipinski definition) is 3. The maximum atomic E-state index is 9.67. The second-order valence-corrected chi connectivity index (χ2v) is 3.58. The molecule has 16 heavy (non-hydrogen) atoms. The average molecular weight is 234 g/mol. The summed E-state index contributed by atoms with van der Waals surface area (Å²) < 4.78 is 0.155. The Morgan fingerprint density at radius 2 is 2.25 bits per heavy atom. The van der Waals surface area contributed by atoms with E-state index in [4.69, 9.17) is 12.2 Å². The lowest BCUT2D eigenvalue weighted by molar-refractivity contribution is 0.470. The number of pyridine rings is 1. The zero-order chi connectivity index (χ0) is 11.5. The number of aromatic hydroxyl groups is 1. The highest BCUT2D eigenvalue weighted by molar-refractivity contribution is 7.71. The Kier molecular flexibility index (Phi) is 2.82. The van der Waals surface area contributed by atoms with E-state index >= 15 is 0 Å². The quantitative estimate of drug-likeness (QED) is 0.695. The van der Waals surface area contributed by atoms with Crippen LogP contribution in [0.4, 0.5) is 11.5 Å². The Bertz CT molecular complexity index is 567. The zero-order valence-corrected chi connectivity index (χ0v) is 9.38. The van der Waals surface area contributed by atoms with Crippen LogP contribution in [-0.4, -0.2) is 20.1 Å². The molecule has 0 aliphatic heterocycles. The zero-order valence-electron chi connectivity index (χ0n) is 8.56. The molecule has 0 spiro atoms. The van der Waals surface area contributed by atoms with Crippen molar-refractivity contribution in [3.8, 4) is 5.75 Å². The number of rotatable bonds is 2. The molecule has 0 aromatic carbocycles. The largest absolute Gasteiger partial charge is 0.502 e. The van der Waals surface area contributed by atoms with E-state index in [0.29, 0.717) is 5.82 Å². The Hall–Kier alpha value is -1.95. The Balaban J connectivity index is 2.38. The van der Waals surface area contributed by atoms with Crippen molar-refractivity contribution < 1.29 is 5.11 Å². The minimum atomic E-state index is -0.0687. The van der Waals surface area contributed by atoms with Crippen LogP contribution < -0.4 is 5.32 Å². The minimum absolute atomic E-state index is 0.0687. The molecule has 2 rings (SSSR count).